The van der Waals surface area contributed by atoms with Crippen LogP contribution in [0, 0.1) is 17.0 Å². The predicted octanol–water partition coefficient (Wildman–Crippen LogP) is 4.90. The van der Waals surface area contributed by atoms with E-state index < -0.39 is 16.7 Å². The highest BCUT2D eigenvalue weighted by Crippen LogP contribution is 2.22. The van der Waals surface area contributed by atoms with Crippen LogP contribution in [0.1, 0.15) is 20.9 Å². The Morgan fingerprint density at radius 3 is 2.27 bits per heavy atom. The van der Waals surface area contributed by atoms with Crippen LogP contribution in [0.5, 0.6) is 0 Å². The summed E-state index contributed by atoms with van der Waals surface area (Å²) in [7, 11) is 0. The highest BCUT2D eigenvalue weighted by Gasteiger charge is 2.16. The van der Waals surface area contributed by atoms with Crippen molar-refractivity contribution in [1.29, 1.82) is 0 Å². The molecule has 0 atom stereocenters. The molecule has 0 spiro atoms. The monoisotopic (exact) mass is 574 g/mol. The molecule has 1 heterocycles. The van der Waals surface area contributed by atoms with E-state index in [-0.39, 0.29) is 23.0 Å². The average Bonchev–Trinajstić information content (AvgIpc) is 3.37. The maximum absolute atomic E-state index is 13.2. The number of benzene rings is 3. The summed E-state index contributed by atoms with van der Waals surface area (Å²) in [6.45, 7) is 1.80. The Morgan fingerprint density at radius 2 is 1.65 bits per heavy atom. The third-order valence-corrected chi connectivity index (χ3v) is 6.96. The summed E-state index contributed by atoms with van der Waals surface area (Å²) in [5.74, 6) is -1.13. The van der Waals surface area contributed by atoms with Gasteiger partial charge in [-0.25, -0.2) is 0 Å². The molecule has 0 radical (unpaired) electrons. The van der Waals surface area contributed by atoms with Gasteiger partial charge in [0.15, 0.2) is 0 Å². The van der Waals surface area contributed by atoms with Crippen LogP contribution in [0.4, 0.5) is 16.5 Å². The predicted molar refractivity (Wildman–Crippen MR) is 154 cm³/mol. The fourth-order valence-corrected chi connectivity index (χ4v) is 4.59. The van der Waals surface area contributed by atoms with Gasteiger partial charge in [-0.3, -0.25) is 29.8 Å². The summed E-state index contributed by atoms with van der Waals surface area (Å²) in [6, 6.07) is 20.8. The molecule has 0 aliphatic heterocycles. The van der Waals surface area contributed by atoms with Crippen molar-refractivity contribution < 1.29 is 19.3 Å². The van der Waals surface area contributed by atoms with Crippen molar-refractivity contribution >= 4 is 63.4 Å². The van der Waals surface area contributed by atoms with Crippen molar-refractivity contribution in [3.8, 4) is 0 Å². The number of carbonyl (C=O) groups is 3. The van der Waals surface area contributed by atoms with E-state index in [1.54, 1.807) is 61.5 Å². The normalized spacial score (nSPS) is 11.0. The van der Waals surface area contributed by atoms with Crippen molar-refractivity contribution in [2.75, 3.05) is 16.4 Å². The number of anilines is 2. The van der Waals surface area contributed by atoms with Gasteiger partial charge in [-0.1, -0.05) is 29.5 Å². The Morgan fingerprint density at radius 1 is 0.950 bits per heavy atom. The standard InChI is InChI=1S/C27H22N6O5S2/c1-17-31-32-27(40-17)30-24(34)16-39-22-13-9-20(10-14-22)28-26(36)23(29-25(35)19-5-3-2-4-6-19)15-18-7-11-21(12-8-18)33(37)38/h2-15H,16H2,1H3,(H,28,36)(H,29,35)(H,30,32,34)/b23-15-. The van der Waals surface area contributed by atoms with Crippen LogP contribution in [-0.4, -0.2) is 38.6 Å². The van der Waals surface area contributed by atoms with E-state index in [0.29, 0.717) is 21.9 Å². The van der Waals surface area contributed by atoms with Crippen LogP contribution in [0.25, 0.3) is 6.08 Å². The molecule has 0 aliphatic carbocycles. The van der Waals surface area contributed by atoms with E-state index in [1.807, 2.05) is 0 Å². The minimum Gasteiger partial charge on any atom is -0.321 e. The molecule has 0 saturated carbocycles. The number of hydrogen-bond donors (Lipinski definition) is 3. The number of nitro benzene ring substituents is 1. The van der Waals surface area contributed by atoms with Crippen LogP contribution in [0.3, 0.4) is 0 Å². The molecule has 3 aromatic carbocycles. The first-order valence-corrected chi connectivity index (χ1v) is 13.5. The lowest BCUT2D eigenvalue weighted by Crippen LogP contribution is -2.30. The zero-order chi connectivity index (χ0) is 28.5. The smallest absolute Gasteiger partial charge is 0.272 e. The summed E-state index contributed by atoms with van der Waals surface area (Å²) in [6.07, 6.45) is 1.43. The molecule has 4 aromatic rings. The molecule has 1 aromatic heterocycles. The van der Waals surface area contributed by atoms with Crippen molar-refractivity contribution in [1.82, 2.24) is 15.5 Å². The zero-order valence-electron chi connectivity index (χ0n) is 21.0. The second kappa shape index (κ2) is 13.3. The van der Waals surface area contributed by atoms with Gasteiger partial charge in [0.1, 0.15) is 10.7 Å². The van der Waals surface area contributed by atoms with Crippen LogP contribution in [-0.2, 0) is 9.59 Å². The van der Waals surface area contributed by atoms with E-state index in [1.165, 1.54) is 53.4 Å². The summed E-state index contributed by atoms with van der Waals surface area (Å²) in [4.78, 5) is 49.3. The fourth-order valence-electron chi connectivity index (χ4n) is 3.29. The molecule has 0 fully saturated rings. The van der Waals surface area contributed by atoms with Crippen LogP contribution in [0.15, 0.2) is 89.5 Å². The van der Waals surface area contributed by atoms with Gasteiger partial charge < -0.3 is 10.6 Å². The van der Waals surface area contributed by atoms with E-state index in [0.717, 1.165) is 9.90 Å². The molecule has 202 valence electrons. The molecule has 40 heavy (non-hydrogen) atoms. The first kappa shape index (κ1) is 28.1. The first-order chi connectivity index (χ1) is 19.3. The van der Waals surface area contributed by atoms with Gasteiger partial charge in [-0.2, -0.15) is 0 Å². The molecule has 0 bridgehead atoms. The molecular formula is C27H22N6O5S2. The SMILES string of the molecule is Cc1nnc(NC(=O)CSc2ccc(NC(=O)/C(=C/c3ccc([N+](=O)[O-])cc3)NC(=O)c3ccccc3)cc2)s1. The Hall–Kier alpha value is -4.88. The number of rotatable bonds is 10. The summed E-state index contributed by atoms with van der Waals surface area (Å²) >= 11 is 2.61. The Bertz CT molecular complexity index is 1550. The molecule has 13 heteroatoms. The van der Waals surface area contributed by atoms with Gasteiger partial charge in [0.2, 0.25) is 11.0 Å². The Kier molecular flexibility index (Phi) is 9.33. The molecular weight excluding hydrogens is 552 g/mol. The zero-order valence-corrected chi connectivity index (χ0v) is 22.6. The largest absolute Gasteiger partial charge is 0.321 e. The third kappa shape index (κ3) is 8.06. The number of nitro groups is 1. The first-order valence-electron chi connectivity index (χ1n) is 11.7. The van der Waals surface area contributed by atoms with Crippen LogP contribution < -0.4 is 16.0 Å². The molecule has 11 nitrogen and oxygen atoms in total. The van der Waals surface area contributed by atoms with E-state index >= 15 is 0 Å². The highest BCUT2D eigenvalue weighted by atomic mass is 32.2. The number of aromatic nitrogens is 2. The number of non-ortho nitro benzene ring substituents is 1. The third-order valence-electron chi connectivity index (χ3n) is 5.20. The summed E-state index contributed by atoms with van der Waals surface area (Å²) in [5.41, 5.74) is 1.16. The summed E-state index contributed by atoms with van der Waals surface area (Å²) < 4.78 is 0. The molecule has 0 saturated heterocycles. The quantitative estimate of drug-likeness (QED) is 0.105. The number of thioether (sulfide) groups is 1. The highest BCUT2D eigenvalue weighted by molar-refractivity contribution is 8.00. The van der Waals surface area contributed by atoms with Gasteiger partial charge in [-0.15, -0.1) is 22.0 Å². The van der Waals surface area contributed by atoms with Gasteiger partial charge >= 0.3 is 0 Å². The maximum Gasteiger partial charge on any atom is 0.272 e. The van der Waals surface area contributed by atoms with Crippen LogP contribution >= 0.6 is 23.1 Å². The Balaban J connectivity index is 1.43. The lowest BCUT2D eigenvalue weighted by molar-refractivity contribution is -0.384. The van der Waals surface area contributed by atoms with Crippen molar-refractivity contribution in [2.45, 2.75) is 11.8 Å². The maximum atomic E-state index is 13.2. The number of carbonyl (C=O) groups excluding carboxylic acids is 3. The molecule has 0 aliphatic rings. The van der Waals surface area contributed by atoms with E-state index in [2.05, 4.69) is 26.1 Å². The van der Waals surface area contributed by atoms with Crippen LogP contribution in [0.2, 0.25) is 0 Å². The number of aryl methyl sites for hydroxylation is 1. The minimum absolute atomic E-state index is 0.0512. The fraction of sp³-hybridized carbons (Fsp3) is 0.0741. The van der Waals surface area contributed by atoms with Gasteiger partial charge in [-0.05, 0) is 67.1 Å². The van der Waals surface area contributed by atoms with E-state index in [4.69, 9.17) is 0 Å². The summed E-state index contributed by atoms with van der Waals surface area (Å²) in [5, 5.41) is 27.9. The lowest BCUT2D eigenvalue weighted by atomic mass is 10.1. The second-order valence-electron chi connectivity index (χ2n) is 8.17. The molecule has 0 unspecified atom stereocenters. The second-order valence-corrected chi connectivity index (χ2v) is 10.4. The van der Waals surface area contributed by atoms with E-state index in [9.17, 15) is 24.5 Å². The van der Waals surface area contributed by atoms with Crippen molar-refractivity contribution in [3.05, 3.63) is 111 Å². The topological polar surface area (TPSA) is 156 Å². The van der Waals surface area contributed by atoms with Crippen molar-refractivity contribution in [2.24, 2.45) is 0 Å². The lowest BCUT2D eigenvalue weighted by Gasteiger charge is -2.12. The number of nitrogens with one attached hydrogen (secondary N) is 3. The van der Waals surface area contributed by atoms with Gasteiger partial charge in [0, 0.05) is 28.3 Å². The Labute approximate surface area is 236 Å². The molecule has 3 N–H and O–H groups in total. The van der Waals surface area contributed by atoms with Gasteiger partial charge in [0.05, 0.1) is 10.7 Å². The molecule has 3 amide bonds. The van der Waals surface area contributed by atoms with Gasteiger partial charge in [0.25, 0.3) is 17.5 Å². The number of nitrogens with zero attached hydrogens (tertiary/aromatic N) is 3. The number of hydrogen-bond acceptors (Lipinski definition) is 9. The molecule has 4 rings (SSSR count). The number of amides is 3. The minimum atomic E-state index is -0.588. The average molecular weight is 575 g/mol. The van der Waals surface area contributed by atoms with Crippen molar-refractivity contribution in [3.63, 3.8) is 0 Å².